The molecule has 2 aromatic carbocycles. The molecule has 144 valence electrons. The van der Waals surface area contributed by atoms with Crippen LogP contribution in [0.3, 0.4) is 0 Å². The van der Waals surface area contributed by atoms with E-state index in [-0.39, 0.29) is 18.1 Å². The number of hydrogen-bond donors (Lipinski definition) is 0. The molecule has 4 rings (SSSR count). The second kappa shape index (κ2) is 7.56. The van der Waals surface area contributed by atoms with E-state index >= 15 is 0 Å². The zero-order chi connectivity index (χ0) is 19.7. The standard InChI is InChI=1S/C21H17ClO6/c1-12-7-21(24)28-18-10-19(15(22)9-14(12)18)27-11-16(23)13-3-4-17-20(8-13)26-6-2-5-25-17/h3-4,7-10H,2,5-6,11H2,1H3. The predicted octanol–water partition coefficient (Wildman–Crippen LogP) is 4.18. The Bertz CT molecular complexity index is 1120. The smallest absolute Gasteiger partial charge is 0.336 e. The van der Waals surface area contributed by atoms with Gasteiger partial charge in [0.05, 0.1) is 18.2 Å². The molecule has 1 aromatic heterocycles. The van der Waals surface area contributed by atoms with Gasteiger partial charge in [0.1, 0.15) is 11.3 Å². The van der Waals surface area contributed by atoms with E-state index in [2.05, 4.69) is 0 Å². The number of carbonyl (C=O) groups is 1. The number of aryl methyl sites for hydroxylation is 1. The van der Waals surface area contributed by atoms with Gasteiger partial charge in [-0.05, 0) is 36.8 Å². The van der Waals surface area contributed by atoms with Gasteiger partial charge in [-0.1, -0.05) is 11.6 Å². The summed E-state index contributed by atoms with van der Waals surface area (Å²) in [6.07, 6.45) is 0.789. The third-order valence-electron chi connectivity index (χ3n) is 4.43. The Balaban J connectivity index is 1.54. The number of ether oxygens (including phenoxy) is 3. The molecule has 0 fully saturated rings. The lowest BCUT2D eigenvalue weighted by Gasteiger charge is -2.11. The lowest BCUT2D eigenvalue weighted by atomic mass is 10.1. The number of halogens is 1. The molecule has 28 heavy (non-hydrogen) atoms. The Morgan fingerprint density at radius 1 is 1.11 bits per heavy atom. The topological polar surface area (TPSA) is 75.0 Å². The number of ketones is 1. The van der Waals surface area contributed by atoms with Crippen LogP contribution in [0.5, 0.6) is 17.2 Å². The number of carbonyl (C=O) groups excluding carboxylic acids is 1. The highest BCUT2D eigenvalue weighted by Gasteiger charge is 2.16. The van der Waals surface area contributed by atoms with Crippen LogP contribution in [0.4, 0.5) is 0 Å². The lowest BCUT2D eigenvalue weighted by molar-refractivity contribution is 0.0921. The van der Waals surface area contributed by atoms with Crippen molar-refractivity contribution < 1.29 is 23.4 Å². The maximum absolute atomic E-state index is 12.5. The number of rotatable bonds is 4. The molecule has 0 radical (unpaired) electrons. The van der Waals surface area contributed by atoms with E-state index in [9.17, 15) is 9.59 Å². The SMILES string of the molecule is Cc1cc(=O)oc2cc(OCC(=O)c3ccc4c(c3)OCCCO4)c(Cl)cc12. The highest BCUT2D eigenvalue weighted by molar-refractivity contribution is 6.32. The predicted molar refractivity (Wildman–Crippen MR) is 104 cm³/mol. The van der Waals surface area contributed by atoms with Crippen LogP contribution < -0.4 is 19.8 Å². The van der Waals surface area contributed by atoms with Crippen molar-refractivity contribution in [3.63, 3.8) is 0 Å². The van der Waals surface area contributed by atoms with Crippen molar-refractivity contribution in [3.8, 4) is 17.2 Å². The molecular formula is C21H17ClO6. The van der Waals surface area contributed by atoms with Gasteiger partial charge in [-0.25, -0.2) is 4.79 Å². The molecule has 7 heteroatoms. The lowest BCUT2D eigenvalue weighted by Crippen LogP contribution is -2.12. The zero-order valence-electron chi connectivity index (χ0n) is 15.1. The van der Waals surface area contributed by atoms with Crippen LogP contribution in [-0.4, -0.2) is 25.6 Å². The summed E-state index contributed by atoms with van der Waals surface area (Å²) in [5, 5.41) is 1.04. The largest absolute Gasteiger partial charge is 0.490 e. The molecule has 0 spiro atoms. The molecule has 0 aliphatic carbocycles. The molecule has 6 nitrogen and oxygen atoms in total. The average Bonchev–Trinajstić information content (AvgIpc) is 2.91. The van der Waals surface area contributed by atoms with Crippen LogP contribution >= 0.6 is 11.6 Å². The zero-order valence-corrected chi connectivity index (χ0v) is 15.9. The second-order valence-corrected chi connectivity index (χ2v) is 6.86. The normalized spacial score (nSPS) is 13.2. The number of benzene rings is 2. The van der Waals surface area contributed by atoms with Gasteiger partial charge in [-0.3, -0.25) is 4.79 Å². The molecule has 0 amide bonds. The van der Waals surface area contributed by atoms with E-state index in [4.69, 9.17) is 30.2 Å². The van der Waals surface area contributed by atoms with Crippen LogP contribution in [0, 0.1) is 6.92 Å². The molecule has 1 aliphatic heterocycles. The molecule has 0 bridgehead atoms. The summed E-state index contributed by atoms with van der Waals surface area (Å²) in [6.45, 7) is 2.70. The summed E-state index contributed by atoms with van der Waals surface area (Å²) in [7, 11) is 0. The Morgan fingerprint density at radius 2 is 1.89 bits per heavy atom. The molecule has 3 aromatic rings. The minimum atomic E-state index is -0.457. The summed E-state index contributed by atoms with van der Waals surface area (Å²) in [4.78, 5) is 24.1. The third-order valence-corrected chi connectivity index (χ3v) is 4.73. The quantitative estimate of drug-likeness (QED) is 0.483. The maximum atomic E-state index is 12.5. The molecule has 0 atom stereocenters. The van der Waals surface area contributed by atoms with Gasteiger partial charge < -0.3 is 18.6 Å². The van der Waals surface area contributed by atoms with Gasteiger partial charge >= 0.3 is 5.63 Å². The van der Waals surface area contributed by atoms with E-state index in [1.54, 1.807) is 31.2 Å². The fraction of sp³-hybridized carbons (Fsp3) is 0.238. The third kappa shape index (κ3) is 3.68. The monoisotopic (exact) mass is 400 g/mol. The van der Waals surface area contributed by atoms with Gasteiger partial charge in [0.15, 0.2) is 23.9 Å². The van der Waals surface area contributed by atoms with Gasteiger partial charge in [0.25, 0.3) is 0 Å². The van der Waals surface area contributed by atoms with Gasteiger partial charge in [-0.15, -0.1) is 0 Å². The number of Topliss-reactive ketones (excluding diaryl/α,β-unsaturated/α-hetero) is 1. The van der Waals surface area contributed by atoms with E-state index in [1.807, 2.05) is 0 Å². The first-order valence-corrected chi connectivity index (χ1v) is 9.19. The highest BCUT2D eigenvalue weighted by atomic mass is 35.5. The summed E-state index contributed by atoms with van der Waals surface area (Å²) in [5.74, 6) is 1.20. The molecule has 0 saturated carbocycles. The molecule has 0 N–H and O–H groups in total. The van der Waals surface area contributed by atoms with Gasteiger partial charge in [0.2, 0.25) is 0 Å². The fourth-order valence-corrected chi connectivity index (χ4v) is 3.21. The minimum absolute atomic E-state index is 0.221. The first-order chi connectivity index (χ1) is 13.5. The van der Waals surface area contributed by atoms with E-state index in [1.165, 1.54) is 12.1 Å². The Morgan fingerprint density at radius 3 is 2.71 bits per heavy atom. The van der Waals surface area contributed by atoms with Crippen molar-refractivity contribution in [2.24, 2.45) is 0 Å². The number of fused-ring (bicyclic) bond motifs is 2. The summed E-state index contributed by atoms with van der Waals surface area (Å²) in [6, 6.07) is 9.61. The van der Waals surface area contributed by atoms with Crippen molar-refractivity contribution in [1.29, 1.82) is 0 Å². The average molecular weight is 401 g/mol. The van der Waals surface area contributed by atoms with Gasteiger partial charge in [0, 0.05) is 29.5 Å². The van der Waals surface area contributed by atoms with Crippen molar-refractivity contribution in [2.45, 2.75) is 13.3 Å². The van der Waals surface area contributed by atoms with Crippen LogP contribution in [-0.2, 0) is 0 Å². The Kier molecular flexibility index (Phi) is 4.96. The Labute approximate surface area is 165 Å². The highest BCUT2D eigenvalue weighted by Crippen LogP contribution is 2.32. The molecule has 2 heterocycles. The fourth-order valence-electron chi connectivity index (χ4n) is 2.99. The Hall–Kier alpha value is -2.99. The summed E-state index contributed by atoms with van der Waals surface area (Å²) < 4.78 is 22.0. The van der Waals surface area contributed by atoms with Gasteiger partial charge in [-0.2, -0.15) is 0 Å². The molecule has 0 unspecified atom stereocenters. The molecular weight excluding hydrogens is 384 g/mol. The summed E-state index contributed by atoms with van der Waals surface area (Å²) >= 11 is 6.26. The maximum Gasteiger partial charge on any atom is 0.336 e. The first-order valence-electron chi connectivity index (χ1n) is 8.81. The molecule has 1 aliphatic rings. The van der Waals surface area contributed by atoms with E-state index < -0.39 is 5.63 Å². The second-order valence-electron chi connectivity index (χ2n) is 6.45. The van der Waals surface area contributed by atoms with Crippen molar-refractivity contribution >= 4 is 28.4 Å². The van der Waals surface area contributed by atoms with E-state index in [0.29, 0.717) is 46.3 Å². The van der Waals surface area contributed by atoms with E-state index in [0.717, 1.165) is 12.0 Å². The number of hydrogen-bond acceptors (Lipinski definition) is 6. The van der Waals surface area contributed by atoms with Crippen molar-refractivity contribution in [2.75, 3.05) is 19.8 Å². The summed E-state index contributed by atoms with van der Waals surface area (Å²) in [5.41, 5.74) is 1.10. The van der Waals surface area contributed by atoms with Crippen LogP contribution in [0.15, 0.2) is 45.6 Å². The van der Waals surface area contributed by atoms with Crippen molar-refractivity contribution in [3.05, 3.63) is 63.0 Å². The molecule has 0 saturated heterocycles. The van der Waals surface area contributed by atoms with Crippen LogP contribution in [0.2, 0.25) is 5.02 Å². The van der Waals surface area contributed by atoms with Crippen LogP contribution in [0.1, 0.15) is 22.3 Å². The minimum Gasteiger partial charge on any atom is -0.490 e. The first kappa shape index (κ1) is 18.4. The van der Waals surface area contributed by atoms with Crippen LogP contribution in [0.25, 0.3) is 11.0 Å². The van der Waals surface area contributed by atoms with Crippen molar-refractivity contribution in [1.82, 2.24) is 0 Å².